The molecule has 0 N–H and O–H groups in total. The Morgan fingerprint density at radius 3 is 2.22 bits per heavy atom. The zero-order chi connectivity index (χ0) is 33.0. The van der Waals surface area contributed by atoms with Gasteiger partial charge in [0.25, 0.3) is 0 Å². The fourth-order valence-corrected chi connectivity index (χ4v) is 8.13. The lowest BCUT2D eigenvalue weighted by Gasteiger charge is -2.36. The van der Waals surface area contributed by atoms with E-state index in [-0.39, 0.29) is 18.1 Å². The maximum atomic E-state index is 5.38. The van der Waals surface area contributed by atoms with Gasteiger partial charge in [0.15, 0.2) is 5.84 Å². The van der Waals surface area contributed by atoms with Crippen LogP contribution >= 0.6 is 0 Å². The van der Waals surface area contributed by atoms with Gasteiger partial charge >= 0.3 is 0 Å². The van der Waals surface area contributed by atoms with Gasteiger partial charge in [-0.05, 0) is 47.0 Å². The van der Waals surface area contributed by atoms with Crippen molar-refractivity contribution >= 4 is 44.7 Å². The van der Waals surface area contributed by atoms with Crippen molar-refractivity contribution in [3.05, 3.63) is 192 Å². The Morgan fingerprint density at radius 1 is 0.660 bits per heavy atom. The van der Waals surface area contributed by atoms with Gasteiger partial charge in [-0.15, -0.1) is 0 Å². The standard InChI is InChI=1S/C45H33N5/c1-4-14-30(15-5-1)38-29-42(48-45(47-38)31-16-6-2-7-17-31)50-39-23-11-10-20-35(39)37-28-32(25-26-40(37)50)34-21-12-22-36-43-41(24-13-27-46-43)49(44(34)36)33-18-8-3-9-19-33/h1-28,37,40,42H,29H2. The fourth-order valence-electron chi connectivity index (χ4n) is 8.13. The summed E-state index contributed by atoms with van der Waals surface area (Å²) in [5.74, 6) is 0.954. The minimum Gasteiger partial charge on any atom is -0.342 e. The first-order valence-corrected chi connectivity index (χ1v) is 17.3. The zero-order valence-electron chi connectivity index (χ0n) is 27.3. The normalized spacial score (nSPS) is 19.6. The van der Waals surface area contributed by atoms with Gasteiger partial charge in [0, 0.05) is 46.4 Å². The lowest BCUT2D eigenvalue weighted by atomic mass is 9.85. The minimum atomic E-state index is -0.108. The van der Waals surface area contributed by atoms with Crippen LogP contribution in [0.25, 0.3) is 33.2 Å². The molecule has 238 valence electrons. The molecule has 3 aliphatic rings. The van der Waals surface area contributed by atoms with Crippen LogP contribution in [0, 0.1) is 0 Å². The van der Waals surface area contributed by atoms with E-state index in [0.717, 1.165) is 51.2 Å². The minimum absolute atomic E-state index is 0.108. The third kappa shape index (κ3) is 4.58. The number of hydrogen-bond donors (Lipinski definition) is 0. The summed E-state index contributed by atoms with van der Waals surface area (Å²) in [4.78, 5) is 17.9. The number of fused-ring (bicyclic) bond motifs is 6. The fraction of sp³-hybridized carbons (Fsp3) is 0.0889. The summed E-state index contributed by atoms with van der Waals surface area (Å²) in [6.45, 7) is 0. The average Bonchev–Trinajstić information content (AvgIpc) is 3.71. The molecule has 0 spiro atoms. The number of pyridine rings is 1. The van der Waals surface area contributed by atoms with Crippen molar-refractivity contribution in [3.63, 3.8) is 0 Å². The Morgan fingerprint density at radius 2 is 1.40 bits per heavy atom. The third-order valence-electron chi connectivity index (χ3n) is 10.3. The molecule has 2 aliphatic heterocycles. The molecule has 3 atom stereocenters. The number of aromatic nitrogens is 2. The highest BCUT2D eigenvalue weighted by atomic mass is 15.3. The molecule has 0 saturated carbocycles. The molecule has 5 aromatic carbocycles. The van der Waals surface area contributed by atoms with E-state index in [9.17, 15) is 0 Å². The van der Waals surface area contributed by atoms with E-state index in [0.29, 0.717) is 0 Å². The van der Waals surface area contributed by atoms with Crippen LogP contribution in [0.3, 0.4) is 0 Å². The SMILES string of the molecule is C1=CC2C(C=C1c1cccc3c4ncccc4n(-c4ccccc4)c13)c1ccccc1N2C1CC(c2ccccc2)=NC(c2ccccc2)=N1. The lowest BCUT2D eigenvalue weighted by molar-refractivity contribution is 0.573. The predicted octanol–water partition coefficient (Wildman–Crippen LogP) is 9.77. The van der Waals surface area contributed by atoms with Gasteiger partial charge in [-0.25, -0.2) is 9.98 Å². The van der Waals surface area contributed by atoms with Gasteiger partial charge in [-0.2, -0.15) is 0 Å². The van der Waals surface area contributed by atoms with Crippen LogP contribution in [0.4, 0.5) is 5.69 Å². The van der Waals surface area contributed by atoms with Crippen molar-refractivity contribution in [3.8, 4) is 5.69 Å². The maximum absolute atomic E-state index is 5.38. The van der Waals surface area contributed by atoms with E-state index in [4.69, 9.17) is 15.0 Å². The maximum Gasteiger partial charge on any atom is 0.156 e. The van der Waals surface area contributed by atoms with Gasteiger partial charge in [-0.1, -0.05) is 133 Å². The molecule has 7 aromatic rings. The van der Waals surface area contributed by atoms with Crippen LogP contribution in [0.5, 0.6) is 0 Å². The van der Waals surface area contributed by atoms with E-state index in [2.05, 4.69) is 161 Å². The molecule has 2 aromatic heterocycles. The molecule has 3 unspecified atom stereocenters. The molecule has 0 amide bonds. The summed E-state index contributed by atoms with van der Waals surface area (Å²) < 4.78 is 2.37. The molecule has 0 fully saturated rings. The van der Waals surface area contributed by atoms with Crippen LogP contribution in [0.2, 0.25) is 0 Å². The predicted molar refractivity (Wildman–Crippen MR) is 206 cm³/mol. The summed E-state index contributed by atoms with van der Waals surface area (Å²) in [5.41, 5.74) is 12.7. The molecule has 0 radical (unpaired) electrons. The van der Waals surface area contributed by atoms with E-state index in [1.54, 1.807) is 0 Å². The van der Waals surface area contributed by atoms with Gasteiger partial charge in [-0.3, -0.25) is 4.98 Å². The van der Waals surface area contributed by atoms with Crippen molar-refractivity contribution < 1.29 is 0 Å². The Hall–Kier alpha value is -6.33. The Labute approximate surface area is 290 Å². The molecule has 50 heavy (non-hydrogen) atoms. The van der Waals surface area contributed by atoms with E-state index in [1.165, 1.54) is 27.9 Å². The average molecular weight is 644 g/mol. The molecule has 0 bridgehead atoms. The molecular weight excluding hydrogens is 611 g/mol. The number of anilines is 1. The molecule has 10 rings (SSSR count). The highest BCUT2D eigenvalue weighted by Gasteiger charge is 2.42. The smallest absolute Gasteiger partial charge is 0.156 e. The van der Waals surface area contributed by atoms with Crippen molar-refractivity contribution in [2.75, 3.05) is 4.90 Å². The monoisotopic (exact) mass is 643 g/mol. The van der Waals surface area contributed by atoms with Crippen LogP contribution in [0.15, 0.2) is 180 Å². The first-order valence-electron chi connectivity index (χ1n) is 17.3. The number of allylic oxidation sites excluding steroid dienone is 2. The van der Waals surface area contributed by atoms with Crippen LogP contribution in [0.1, 0.15) is 34.6 Å². The van der Waals surface area contributed by atoms with Crippen molar-refractivity contribution in [1.29, 1.82) is 0 Å². The largest absolute Gasteiger partial charge is 0.342 e. The summed E-state index contributed by atoms with van der Waals surface area (Å²) >= 11 is 0. The zero-order valence-corrected chi connectivity index (χ0v) is 27.3. The van der Waals surface area contributed by atoms with Crippen LogP contribution in [-0.4, -0.2) is 33.3 Å². The summed E-state index contributed by atoms with van der Waals surface area (Å²) in [6.07, 6.45) is 9.72. The second kappa shape index (κ2) is 11.7. The molecule has 4 heterocycles. The van der Waals surface area contributed by atoms with E-state index in [1.807, 2.05) is 18.3 Å². The molecule has 5 heteroatoms. The first-order chi connectivity index (χ1) is 24.8. The number of rotatable bonds is 5. The summed E-state index contributed by atoms with van der Waals surface area (Å²) in [5, 5.41) is 1.16. The number of para-hydroxylation sites is 3. The van der Waals surface area contributed by atoms with Gasteiger partial charge in [0.2, 0.25) is 0 Å². The van der Waals surface area contributed by atoms with Crippen molar-refractivity contribution in [2.24, 2.45) is 9.98 Å². The number of amidine groups is 1. The topological polar surface area (TPSA) is 45.8 Å². The van der Waals surface area contributed by atoms with E-state index < -0.39 is 0 Å². The Kier molecular flexibility index (Phi) is 6.69. The van der Waals surface area contributed by atoms with Crippen LogP contribution in [-0.2, 0) is 0 Å². The Balaban J connectivity index is 1.10. The van der Waals surface area contributed by atoms with Gasteiger partial charge in [0.05, 0.1) is 28.3 Å². The summed E-state index contributed by atoms with van der Waals surface area (Å²) in [6, 6.07) is 51.4. The number of benzene rings is 5. The molecule has 1 aliphatic carbocycles. The number of nitrogens with zero attached hydrogens (tertiary/aromatic N) is 5. The van der Waals surface area contributed by atoms with Crippen molar-refractivity contribution in [1.82, 2.24) is 9.55 Å². The highest BCUT2D eigenvalue weighted by Crippen LogP contribution is 2.48. The van der Waals surface area contributed by atoms with Gasteiger partial charge < -0.3 is 9.47 Å². The molecular formula is C45H33N5. The summed E-state index contributed by atoms with van der Waals surface area (Å²) in [7, 11) is 0. The molecule has 5 nitrogen and oxygen atoms in total. The third-order valence-corrected chi connectivity index (χ3v) is 10.3. The quantitative estimate of drug-likeness (QED) is 0.188. The van der Waals surface area contributed by atoms with Crippen LogP contribution < -0.4 is 4.90 Å². The second-order valence-electron chi connectivity index (χ2n) is 13.1. The number of hydrogen-bond acceptors (Lipinski definition) is 4. The Bertz CT molecular complexity index is 2530. The van der Waals surface area contributed by atoms with Gasteiger partial charge in [0.1, 0.15) is 6.17 Å². The lowest BCUT2D eigenvalue weighted by Crippen LogP contribution is -2.43. The van der Waals surface area contributed by atoms with Crippen molar-refractivity contribution in [2.45, 2.75) is 24.5 Å². The second-order valence-corrected chi connectivity index (χ2v) is 13.1. The first kappa shape index (κ1) is 28.7. The molecule has 0 saturated heterocycles. The number of aliphatic imine (C=N–C) groups is 2. The van der Waals surface area contributed by atoms with E-state index >= 15 is 0 Å². The highest BCUT2D eigenvalue weighted by molar-refractivity contribution is 6.14.